The molecule has 11 aromatic rings. The highest BCUT2D eigenvalue weighted by Crippen LogP contribution is 2.52. The van der Waals surface area contributed by atoms with Crippen LogP contribution in [0.5, 0.6) is 0 Å². The molecule has 0 aliphatic heterocycles. The Hall–Kier alpha value is -7.88. The maximum absolute atomic E-state index is 7.59. The lowest BCUT2D eigenvalue weighted by Gasteiger charge is -2.28. The van der Waals surface area contributed by atoms with Crippen LogP contribution in [-0.4, -0.2) is 0 Å². The van der Waals surface area contributed by atoms with Crippen LogP contribution in [-0.2, 0) is 0 Å². The quantitative estimate of drug-likeness (QED) is 0.154. The minimum absolute atomic E-state index is 0.826. The number of rotatable bonds is 8. The van der Waals surface area contributed by atoms with Gasteiger partial charge < -0.3 is 14.2 Å². The first-order valence-corrected chi connectivity index (χ1v) is 20.1. The monoisotopic (exact) mass is 754 g/mol. The molecule has 3 nitrogen and oxygen atoms in total. The Morgan fingerprint density at radius 2 is 0.627 bits per heavy atom. The average molecular weight is 755 g/mol. The van der Waals surface area contributed by atoms with E-state index in [1.54, 1.807) is 0 Å². The first-order valence-electron chi connectivity index (χ1n) is 20.1. The Labute approximate surface area is 343 Å². The normalized spacial score (nSPS) is 11.4. The summed E-state index contributed by atoms with van der Waals surface area (Å²) in [6.45, 7) is 0. The van der Waals surface area contributed by atoms with E-state index in [2.05, 4.69) is 240 Å². The largest absolute Gasteiger partial charge is 0.452 e. The van der Waals surface area contributed by atoms with Crippen LogP contribution < -0.4 is 9.80 Å². The van der Waals surface area contributed by atoms with E-state index in [1.165, 1.54) is 0 Å². The standard InChI is InChI=1S/C56H38N2O/c1-5-21-39(22-6-1)45-31-17-19-35-49(45)57(43-27-9-3-10-28-43)51-37-41-25-13-15-33-47(41)53-54-48-34-16-14-26-42(48)38-52(56(54)59-55(51)53)58(44-29-11-4-12-30-44)50-36-20-18-32-46(50)40-23-7-2-8-24-40/h1-38H. The molecule has 0 aliphatic carbocycles. The fraction of sp³-hybridized carbons (Fsp3) is 0. The third-order valence-corrected chi connectivity index (χ3v) is 11.4. The van der Waals surface area contributed by atoms with Gasteiger partial charge in [-0.1, -0.05) is 182 Å². The number of furan rings is 1. The molecule has 0 fully saturated rings. The zero-order valence-corrected chi connectivity index (χ0v) is 32.2. The molecule has 1 heterocycles. The molecule has 0 aliphatic rings. The van der Waals surface area contributed by atoms with Gasteiger partial charge in [-0.2, -0.15) is 0 Å². The lowest BCUT2D eigenvalue weighted by molar-refractivity contribution is 0.670. The fourth-order valence-electron chi connectivity index (χ4n) is 8.80. The number of benzene rings is 10. The highest BCUT2D eigenvalue weighted by molar-refractivity contribution is 6.31. The zero-order valence-electron chi connectivity index (χ0n) is 32.2. The average Bonchev–Trinajstić information content (AvgIpc) is 3.73. The summed E-state index contributed by atoms with van der Waals surface area (Å²) < 4.78 is 7.59. The second-order valence-electron chi connectivity index (χ2n) is 14.9. The van der Waals surface area contributed by atoms with Gasteiger partial charge in [0.25, 0.3) is 0 Å². The molecule has 0 atom stereocenters. The van der Waals surface area contributed by atoms with Gasteiger partial charge in [0, 0.05) is 33.3 Å². The molecule has 59 heavy (non-hydrogen) atoms. The Balaban J connectivity index is 1.29. The molecule has 11 rings (SSSR count). The van der Waals surface area contributed by atoms with Gasteiger partial charge >= 0.3 is 0 Å². The van der Waals surface area contributed by atoms with Crippen molar-refractivity contribution >= 4 is 77.6 Å². The van der Waals surface area contributed by atoms with Gasteiger partial charge in [-0.15, -0.1) is 0 Å². The highest BCUT2D eigenvalue weighted by atomic mass is 16.3. The van der Waals surface area contributed by atoms with E-state index in [0.29, 0.717) is 0 Å². The number of fused-ring (bicyclic) bond motifs is 7. The molecule has 0 saturated carbocycles. The molecule has 0 N–H and O–H groups in total. The van der Waals surface area contributed by atoms with Crippen LogP contribution >= 0.6 is 0 Å². The molecular weight excluding hydrogens is 717 g/mol. The smallest absolute Gasteiger partial charge is 0.160 e. The van der Waals surface area contributed by atoms with Crippen molar-refractivity contribution in [2.45, 2.75) is 0 Å². The van der Waals surface area contributed by atoms with Gasteiger partial charge in [-0.3, -0.25) is 0 Å². The first kappa shape index (κ1) is 34.4. The molecule has 1 aromatic heterocycles. The Kier molecular flexibility index (Phi) is 8.49. The van der Waals surface area contributed by atoms with E-state index < -0.39 is 0 Å². The summed E-state index contributed by atoms with van der Waals surface area (Å²) in [5.41, 5.74) is 12.4. The lowest BCUT2D eigenvalue weighted by Crippen LogP contribution is -2.11. The van der Waals surface area contributed by atoms with Crippen molar-refractivity contribution in [2.75, 3.05) is 9.80 Å². The first-order chi connectivity index (χ1) is 29.3. The van der Waals surface area contributed by atoms with Crippen molar-refractivity contribution < 1.29 is 4.42 Å². The number of hydrogen-bond acceptors (Lipinski definition) is 3. The maximum Gasteiger partial charge on any atom is 0.160 e. The summed E-state index contributed by atoms with van der Waals surface area (Å²) in [6, 6.07) is 82.0. The van der Waals surface area contributed by atoms with Crippen LogP contribution in [0.3, 0.4) is 0 Å². The van der Waals surface area contributed by atoms with E-state index in [0.717, 1.165) is 99.9 Å². The van der Waals surface area contributed by atoms with Gasteiger partial charge in [0.05, 0.1) is 22.7 Å². The number of anilines is 6. The van der Waals surface area contributed by atoms with Gasteiger partial charge in [-0.05, 0) is 81.2 Å². The second-order valence-corrected chi connectivity index (χ2v) is 14.9. The molecule has 278 valence electrons. The van der Waals surface area contributed by atoms with Gasteiger partial charge in [0.1, 0.15) is 0 Å². The van der Waals surface area contributed by atoms with Crippen molar-refractivity contribution in [3.05, 3.63) is 231 Å². The van der Waals surface area contributed by atoms with Crippen molar-refractivity contribution in [1.29, 1.82) is 0 Å². The highest BCUT2D eigenvalue weighted by Gasteiger charge is 2.28. The topological polar surface area (TPSA) is 19.6 Å². The molecule has 0 saturated heterocycles. The number of para-hydroxylation sites is 4. The van der Waals surface area contributed by atoms with E-state index in [4.69, 9.17) is 4.42 Å². The van der Waals surface area contributed by atoms with Crippen LogP contribution in [0.25, 0.3) is 65.7 Å². The van der Waals surface area contributed by atoms with Crippen LogP contribution in [0, 0.1) is 0 Å². The summed E-state index contributed by atoms with van der Waals surface area (Å²) in [5.74, 6) is 0. The van der Waals surface area contributed by atoms with E-state index in [9.17, 15) is 0 Å². The predicted molar refractivity (Wildman–Crippen MR) is 249 cm³/mol. The number of nitrogens with zero attached hydrogens (tertiary/aromatic N) is 2. The SMILES string of the molecule is c1ccc(-c2ccccc2N(c2ccccc2)c2cc3ccccc3c3c2oc2c(N(c4ccccc4)c4ccccc4-c4ccccc4)cc4ccccc4c23)cc1. The third kappa shape index (κ3) is 5.91. The summed E-state index contributed by atoms with van der Waals surface area (Å²) in [7, 11) is 0. The van der Waals surface area contributed by atoms with Crippen LogP contribution in [0.1, 0.15) is 0 Å². The molecule has 0 spiro atoms. The van der Waals surface area contributed by atoms with Crippen molar-refractivity contribution in [3.63, 3.8) is 0 Å². The van der Waals surface area contributed by atoms with Crippen LogP contribution in [0.15, 0.2) is 235 Å². The molecular formula is C56H38N2O. The Morgan fingerprint density at radius 3 is 1.05 bits per heavy atom. The van der Waals surface area contributed by atoms with Crippen molar-refractivity contribution in [3.8, 4) is 22.3 Å². The van der Waals surface area contributed by atoms with E-state index in [1.807, 2.05) is 0 Å². The molecule has 0 unspecified atom stereocenters. The molecule has 0 radical (unpaired) electrons. The van der Waals surface area contributed by atoms with E-state index in [-0.39, 0.29) is 0 Å². The summed E-state index contributed by atoms with van der Waals surface area (Å²) in [5, 5.41) is 6.75. The van der Waals surface area contributed by atoms with Crippen molar-refractivity contribution in [1.82, 2.24) is 0 Å². The summed E-state index contributed by atoms with van der Waals surface area (Å²) in [6.07, 6.45) is 0. The minimum Gasteiger partial charge on any atom is -0.452 e. The van der Waals surface area contributed by atoms with Crippen molar-refractivity contribution in [2.24, 2.45) is 0 Å². The molecule has 3 heteroatoms. The fourth-order valence-corrected chi connectivity index (χ4v) is 8.80. The number of hydrogen-bond donors (Lipinski definition) is 0. The Morgan fingerprint density at radius 1 is 0.288 bits per heavy atom. The lowest BCUT2D eigenvalue weighted by atomic mass is 9.96. The van der Waals surface area contributed by atoms with Gasteiger partial charge in [0.2, 0.25) is 0 Å². The summed E-state index contributed by atoms with van der Waals surface area (Å²) >= 11 is 0. The van der Waals surface area contributed by atoms with Gasteiger partial charge in [-0.25, -0.2) is 0 Å². The summed E-state index contributed by atoms with van der Waals surface area (Å²) in [4.78, 5) is 4.75. The second kappa shape index (κ2) is 14.6. The van der Waals surface area contributed by atoms with E-state index >= 15 is 0 Å². The molecule has 0 amide bonds. The third-order valence-electron chi connectivity index (χ3n) is 11.4. The van der Waals surface area contributed by atoms with Crippen LogP contribution in [0.2, 0.25) is 0 Å². The molecule has 10 aromatic carbocycles. The minimum atomic E-state index is 0.826. The Bertz CT molecular complexity index is 3050. The zero-order chi connectivity index (χ0) is 39.1. The van der Waals surface area contributed by atoms with Crippen LogP contribution in [0.4, 0.5) is 34.1 Å². The maximum atomic E-state index is 7.59. The predicted octanol–water partition coefficient (Wildman–Crippen LogP) is 16.2. The molecule has 0 bridgehead atoms. The van der Waals surface area contributed by atoms with Gasteiger partial charge in [0.15, 0.2) is 11.2 Å².